The molecule has 2 saturated heterocycles. The Hall–Kier alpha value is -3.53. The Morgan fingerprint density at radius 1 is 1.08 bits per heavy atom. The fraction of sp³-hybridized carbons (Fsp3) is 0.400. The largest absolute Gasteiger partial charge is 0.383 e. The summed E-state index contributed by atoms with van der Waals surface area (Å²) < 4.78 is 26.5. The van der Waals surface area contributed by atoms with Crippen molar-refractivity contribution in [2.75, 3.05) is 63.7 Å². The number of halogens is 1. The highest BCUT2D eigenvalue weighted by atomic mass is 19.1. The van der Waals surface area contributed by atoms with E-state index in [2.05, 4.69) is 32.2 Å². The standard InChI is InChI=1S/C30H34FN5O3/c1-38-23-7-9-35(18-23)17-22-15-19(3-5-27(22)36-10-12-39-13-11-36)25-16-26(29(32)34-28(25)31)20-2-4-24-21(14-20)6-8-33-30(24)37/h2-5,14-16,23H,6-13,17-18H2,1H3,(H2,32,34)(H,33,37)/t23-/m1/s1. The van der Waals surface area contributed by atoms with E-state index < -0.39 is 5.95 Å². The Kier molecular flexibility index (Phi) is 7.20. The van der Waals surface area contributed by atoms with Gasteiger partial charge >= 0.3 is 0 Å². The van der Waals surface area contributed by atoms with Crippen molar-refractivity contribution >= 4 is 17.4 Å². The SMILES string of the molecule is CO[C@@H]1CCN(Cc2cc(-c3cc(-c4ccc5c(c4)CCNC5=O)c(N)nc3F)ccc2N2CCOCC2)C1. The molecule has 3 aromatic rings. The van der Waals surface area contributed by atoms with Gasteiger partial charge in [0.05, 0.1) is 19.3 Å². The zero-order valence-corrected chi connectivity index (χ0v) is 22.2. The van der Waals surface area contributed by atoms with E-state index in [1.807, 2.05) is 18.2 Å². The van der Waals surface area contributed by atoms with Gasteiger partial charge in [-0.2, -0.15) is 4.39 Å². The van der Waals surface area contributed by atoms with Gasteiger partial charge in [0.2, 0.25) is 5.95 Å². The average Bonchev–Trinajstić information content (AvgIpc) is 3.41. The van der Waals surface area contributed by atoms with Crippen LogP contribution in [0.5, 0.6) is 0 Å². The number of nitrogens with two attached hydrogens (primary N) is 1. The number of morpholine rings is 1. The summed E-state index contributed by atoms with van der Waals surface area (Å²) in [5.41, 5.74) is 12.8. The van der Waals surface area contributed by atoms with Crippen molar-refractivity contribution in [2.45, 2.75) is 25.5 Å². The number of hydrogen-bond donors (Lipinski definition) is 2. The summed E-state index contributed by atoms with van der Waals surface area (Å²) in [7, 11) is 1.76. The third-order valence-corrected chi connectivity index (χ3v) is 8.04. The fourth-order valence-corrected chi connectivity index (χ4v) is 5.90. The van der Waals surface area contributed by atoms with Gasteiger partial charge in [0, 0.05) is 68.8 Å². The molecule has 3 aliphatic rings. The number of methoxy groups -OCH3 is 1. The molecule has 0 saturated carbocycles. The van der Waals surface area contributed by atoms with Gasteiger partial charge in [0.15, 0.2) is 0 Å². The second kappa shape index (κ2) is 10.9. The first-order valence-electron chi connectivity index (χ1n) is 13.6. The molecule has 1 atom stereocenters. The Labute approximate surface area is 227 Å². The molecule has 1 amide bonds. The molecule has 2 aromatic carbocycles. The van der Waals surface area contributed by atoms with Gasteiger partial charge in [-0.1, -0.05) is 18.2 Å². The van der Waals surface area contributed by atoms with Crippen molar-refractivity contribution in [1.29, 1.82) is 0 Å². The van der Waals surface area contributed by atoms with Crippen molar-refractivity contribution < 1.29 is 18.7 Å². The van der Waals surface area contributed by atoms with Crippen LogP contribution in [0.15, 0.2) is 42.5 Å². The van der Waals surface area contributed by atoms with E-state index in [0.29, 0.717) is 36.4 Å². The summed E-state index contributed by atoms with van der Waals surface area (Å²) in [6, 6.07) is 13.6. The number of nitrogens with zero attached hydrogens (tertiary/aromatic N) is 3. The molecule has 0 aliphatic carbocycles. The number of nitrogen functional groups attached to an aromatic ring is 1. The maximum absolute atomic E-state index is 15.3. The van der Waals surface area contributed by atoms with Crippen LogP contribution in [0.4, 0.5) is 15.9 Å². The first-order valence-corrected chi connectivity index (χ1v) is 13.6. The number of hydrogen-bond acceptors (Lipinski definition) is 7. The lowest BCUT2D eigenvalue weighted by Crippen LogP contribution is -2.37. The van der Waals surface area contributed by atoms with Crippen molar-refractivity contribution in [3.8, 4) is 22.3 Å². The third-order valence-electron chi connectivity index (χ3n) is 8.04. The maximum atomic E-state index is 15.3. The van der Waals surface area contributed by atoms with Gasteiger partial charge in [0.25, 0.3) is 5.91 Å². The number of aromatic nitrogens is 1. The lowest BCUT2D eigenvalue weighted by molar-refractivity contribution is 0.0946. The van der Waals surface area contributed by atoms with Crippen LogP contribution in [0.3, 0.4) is 0 Å². The first-order chi connectivity index (χ1) is 19.0. The summed E-state index contributed by atoms with van der Waals surface area (Å²) in [5.74, 6) is -0.542. The van der Waals surface area contributed by atoms with Crippen LogP contribution < -0.4 is 16.0 Å². The number of carbonyl (C=O) groups is 1. The van der Waals surface area contributed by atoms with E-state index in [1.54, 1.807) is 19.2 Å². The van der Waals surface area contributed by atoms with Gasteiger partial charge < -0.3 is 25.4 Å². The van der Waals surface area contributed by atoms with Crippen LogP contribution in [0.1, 0.15) is 27.9 Å². The van der Waals surface area contributed by atoms with Crippen molar-refractivity contribution in [3.63, 3.8) is 0 Å². The summed E-state index contributed by atoms with van der Waals surface area (Å²) in [6.45, 7) is 6.22. The summed E-state index contributed by atoms with van der Waals surface area (Å²) >= 11 is 0. The predicted molar refractivity (Wildman–Crippen MR) is 149 cm³/mol. The number of carbonyl (C=O) groups excluding carboxylic acids is 1. The number of amides is 1. The average molecular weight is 532 g/mol. The third kappa shape index (κ3) is 5.22. The number of fused-ring (bicyclic) bond motifs is 1. The van der Waals surface area contributed by atoms with Crippen LogP contribution in [0, 0.1) is 5.95 Å². The number of rotatable bonds is 6. The highest BCUT2D eigenvalue weighted by Gasteiger charge is 2.25. The molecule has 39 heavy (non-hydrogen) atoms. The van der Waals surface area contributed by atoms with Crippen molar-refractivity contribution in [1.82, 2.24) is 15.2 Å². The lowest BCUT2D eigenvalue weighted by atomic mass is 9.93. The van der Waals surface area contributed by atoms with E-state index in [0.717, 1.165) is 73.5 Å². The quantitative estimate of drug-likeness (QED) is 0.471. The zero-order valence-electron chi connectivity index (χ0n) is 22.2. The van der Waals surface area contributed by atoms with E-state index in [-0.39, 0.29) is 17.8 Å². The Morgan fingerprint density at radius 3 is 2.67 bits per heavy atom. The van der Waals surface area contributed by atoms with Crippen molar-refractivity contribution in [3.05, 3.63) is 65.1 Å². The molecule has 0 radical (unpaired) electrons. The molecule has 204 valence electrons. The van der Waals surface area contributed by atoms with Gasteiger partial charge in [0.1, 0.15) is 5.82 Å². The molecule has 4 heterocycles. The van der Waals surface area contributed by atoms with Crippen LogP contribution >= 0.6 is 0 Å². The molecular weight excluding hydrogens is 497 g/mol. The predicted octanol–water partition coefficient (Wildman–Crippen LogP) is 3.48. The Bertz CT molecular complexity index is 1390. The number of ether oxygens (including phenoxy) is 2. The molecule has 6 rings (SSSR count). The van der Waals surface area contributed by atoms with Gasteiger partial charge in [-0.3, -0.25) is 9.69 Å². The number of nitrogens with one attached hydrogen (secondary N) is 1. The van der Waals surface area contributed by atoms with Crippen LogP contribution in [-0.4, -0.2) is 74.9 Å². The van der Waals surface area contributed by atoms with E-state index in [1.165, 1.54) is 0 Å². The molecular formula is C30H34FN5O3. The van der Waals surface area contributed by atoms with Crippen molar-refractivity contribution in [2.24, 2.45) is 0 Å². The molecule has 3 N–H and O–H groups in total. The molecule has 8 nitrogen and oxygen atoms in total. The van der Waals surface area contributed by atoms with E-state index in [4.69, 9.17) is 15.2 Å². The second-order valence-corrected chi connectivity index (χ2v) is 10.5. The fourth-order valence-electron chi connectivity index (χ4n) is 5.90. The summed E-state index contributed by atoms with van der Waals surface area (Å²) in [6.07, 6.45) is 1.98. The minimum atomic E-state index is -0.598. The number of likely N-dealkylation sites (tertiary alicyclic amines) is 1. The second-order valence-electron chi connectivity index (χ2n) is 10.5. The van der Waals surface area contributed by atoms with Crippen LogP contribution in [-0.2, 0) is 22.4 Å². The molecule has 0 unspecified atom stereocenters. The Morgan fingerprint density at radius 2 is 1.87 bits per heavy atom. The van der Waals surface area contributed by atoms with Gasteiger partial charge in [-0.25, -0.2) is 4.98 Å². The topological polar surface area (TPSA) is 93.0 Å². The zero-order chi connectivity index (χ0) is 26.9. The monoisotopic (exact) mass is 531 g/mol. The van der Waals surface area contributed by atoms with Crippen LogP contribution in [0.2, 0.25) is 0 Å². The normalized spacial score (nSPS) is 19.7. The molecule has 3 aliphatic heterocycles. The highest BCUT2D eigenvalue weighted by Crippen LogP contribution is 2.36. The summed E-state index contributed by atoms with van der Waals surface area (Å²) in [4.78, 5) is 21.0. The maximum Gasteiger partial charge on any atom is 0.251 e. The van der Waals surface area contributed by atoms with Gasteiger partial charge in [-0.05, 0) is 59.4 Å². The minimum Gasteiger partial charge on any atom is -0.383 e. The highest BCUT2D eigenvalue weighted by molar-refractivity contribution is 5.97. The van der Waals surface area contributed by atoms with E-state index >= 15 is 4.39 Å². The lowest BCUT2D eigenvalue weighted by Gasteiger charge is -2.32. The Balaban J connectivity index is 1.38. The van der Waals surface area contributed by atoms with E-state index in [9.17, 15) is 4.79 Å². The summed E-state index contributed by atoms with van der Waals surface area (Å²) in [5, 5.41) is 2.87. The first kappa shape index (κ1) is 25.7. The van der Waals surface area contributed by atoms with Gasteiger partial charge in [-0.15, -0.1) is 0 Å². The molecule has 0 bridgehead atoms. The molecule has 1 aromatic heterocycles. The smallest absolute Gasteiger partial charge is 0.251 e. The minimum absolute atomic E-state index is 0.0728. The number of anilines is 2. The molecule has 0 spiro atoms. The number of benzene rings is 2. The number of pyridine rings is 1. The molecule has 2 fully saturated rings. The van der Waals surface area contributed by atoms with Crippen LogP contribution in [0.25, 0.3) is 22.3 Å². The molecule has 9 heteroatoms.